The van der Waals surface area contributed by atoms with Gasteiger partial charge in [-0.1, -0.05) is 69.0 Å². The van der Waals surface area contributed by atoms with Crippen LogP contribution in [0.2, 0.25) is 0 Å². The summed E-state index contributed by atoms with van der Waals surface area (Å²) in [5, 5.41) is 11.3. The number of rotatable bonds is 8. The van der Waals surface area contributed by atoms with E-state index in [4.69, 9.17) is 4.74 Å². The van der Waals surface area contributed by atoms with Crippen molar-refractivity contribution < 1.29 is 9.53 Å². The van der Waals surface area contributed by atoms with E-state index < -0.39 is 6.10 Å². The summed E-state index contributed by atoms with van der Waals surface area (Å²) in [5.74, 6) is 1.22. The molecule has 1 unspecified atom stereocenters. The minimum atomic E-state index is -0.580. The Morgan fingerprint density at radius 2 is 2.04 bits per heavy atom. The van der Waals surface area contributed by atoms with Gasteiger partial charge in [0.15, 0.2) is 10.4 Å². The molecule has 0 aliphatic heterocycles. The standard InChI is InChI=1S/C19H25N3O2S2/c1-6-12-25-18-22-21-17(26-18)20-16(23)15(7-2)24-14-10-8-13(9-11-14)19(3,4)5/h6,8-11,15H,1,7,12H2,2-5H3,(H,20,21,23). The molecule has 1 heterocycles. The molecular weight excluding hydrogens is 366 g/mol. The molecule has 2 aromatic rings. The summed E-state index contributed by atoms with van der Waals surface area (Å²) >= 11 is 2.88. The van der Waals surface area contributed by atoms with Gasteiger partial charge in [-0.05, 0) is 29.5 Å². The number of hydrogen-bond acceptors (Lipinski definition) is 6. The minimum Gasteiger partial charge on any atom is -0.481 e. The molecule has 140 valence electrons. The summed E-state index contributed by atoms with van der Waals surface area (Å²) in [5.41, 5.74) is 1.31. The number of carbonyl (C=O) groups excluding carboxylic acids is 1. The number of benzene rings is 1. The fourth-order valence-corrected chi connectivity index (χ4v) is 3.67. The van der Waals surface area contributed by atoms with Gasteiger partial charge in [-0.2, -0.15) is 0 Å². The molecule has 2 rings (SSSR count). The fourth-order valence-electron chi connectivity index (χ4n) is 2.15. The van der Waals surface area contributed by atoms with Gasteiger partial charge in [-0.3, -0.25) is 10.1 Å². The Labute approximate surface area is 163 Å². The summed E-state index contributed by atoms with van der Waals surface area (Å²) in [6.45, 7) is 12.1. The van der Waals surface area contributed by atoms with Crippen LogP contribution in [0.1, 0.15) is 39.7 Å². The predicted octanol–water partition coefficient (Wildman–Crippen LogP) is 4.91. The highest BCUT2D eigenvalue weighted by atomic mass is 32.2. The average Bonchev–Trinajstić information content (AvgIpc) is 3.04. The van der Waals surface area contributed by atoms with Crippen LogP contribution in [0, 0.1) is 0 Å². The van der Waals surface area contributed by atoms with Gasteiger partial charge < -0.3 is 4.74 Å². The molecule has 1 amide bonds. The highest BCUT2D eigenvalue weighted by molar-refractivity contribution is 8.01. The Morgan fingerprint density at radius 1 is 1.35 bits per heavy atom. The average molecular weight is 392 g/mol. The highest BCUT2D eigenvalue weighted by Crippen LogP contribution is 2.27. The number of thioether (sulfide) groups is 1. The number of anilines is 1. The summed E-state index contributed by atoms with van der Waals surface area (Å²) < 4.78 is 6.66. The minimum absolute atomic E-state index is 0.0826. The van der Waals surface area contributed by atoms with Crippen molar-refractivity contribution in [1.82, 2.24) is 10.2 Å². The Hall–Kier alpha value is -1.86. The summed E-state index contributed by atoms with van der Waals surface area (Å²) in [7, 11) is 0. The third-order valence-electron chi connectivity index (χ3n) is 3.62. The molecule has 1 aromatic carbocycles. The van der Waals surface area contributed by atoms with Crippen molar-refractivity contribution in [2.75, 3.05) is 11.1 Å². The molecule has 0 saturated heterocycles. The Morgan fingerprint density at radius 3 is 2.62 bits per heavy atom. The second-order valence-electron chi connectivity index (χ2n) is 6.75. The summed E-state index contributed by atoms with van der Waals surface area (Å²) in [6, 6.07) is 7.89. The van der Waals surface area contributed by atoms with E-state index in [1.165, 1.54) is 28.7 Å². The van der Waals surface area contributed by atoms with Crippen LogP contribution in [-0.4, -0.2) is 28.0 Å². The molecular formula is C19H25N3O2S2. The van der Waals surface area contributed by atoms with Crippen LogP contribution >= 0.6 is 23.1 Å². The summed E-state index contributed by atoms with van der Waals surface area (Å²) in [4.78, 5) is 12.5. The van der Waals surface area contributed by atoms with Crippen LogP contribution in [0.5, 0.6) is 5.75 Å². The lowest BCUT2D eigenvalue weighted by molar-refractivity contribution is -0.122. The van der Waals surface area contributed by atoms with Crippen molar-refractivity contribution in [3.63, 3.8) is 0 Å². The van der Waals surface area contributed by atoms with E-state index in [1.54, 1.807) is 6.08 Å². The maximum absolute atomic E-state index is 12.5. The van der Waals surface area contributed by atoms with Crippen LogP contribution in [0.4, 0.5) is 5.13 Å². The van der Waals surface area contributed by atoms with E-state index in [2.05, 4.69) is 42.9 Å². The predicted molar refractivity (Wildman–Crippen MR) is 109 cm³/mol. The SMILES string of the molecule is C=CCSc1nnc(NC(=O)C(CC)Oc2ccc(C(C)(C)C)cc2)s1. The van der Waals surface area contributed by atoms with Crippen molar-refractivity contribution in [3.8, 4) is 5.75 Å². The van der Waals surface area contributed by atoms with Crippen molar-refractivity contribution in [2.45, 2.75) is 50.0 Å². The van der Waals surface area contributed by atoms with E-state index in [0.717, 1.165) is 10.1 Å². The molecule has 0 radical (unpaired) electrons. The van der Waals surface area contributed by atoms with E-state index in [1.807, 2.05) is 31.2 Å². The molecule has 7 heteroatoms. The first kappa shape index (κ1) is 20.5. The zero-order valence-electron chi connectivity index (χ0n) is 15.6. The lowest BCUT2D eigenvalue weighted by Gasteiger charge is -2.20. The Kier molecular flexibility index (Phi) is 7.23. The maximum Gasteiger partial charge on any atom is 0.267 e. The molecule has 1 aromatic heterocycles. The van der Waals surface area contributed by atoms with Crippen LogP contribution in [-0.2, 0) is 10.2 Å². The second kappa shape index (κ2) is 9.19. The highest BCUT2D eigenvalue weighted by Gasteiger charge is 2.21. The molecule has 0 aliphatic carbocycles. The summed E-state index contributed by atoms with van der Waals surface area (Å²) in [6.07, 6.45) is 1.78. The molecule has 0 spiro atoms. The Bertz CT molecular complexity index is 736. The molecule has 0 saturated carbocycles. The topological polar surface area (TPSA) is 64.1 Å². The molecule has 26 heavy (non-hydrogen) atoms. The van der Waals surface area contributed by atoms with Gasteiger partial charge >= 0.3 is 0 Å². The zero-order chi connectivity index (χ0) is 19.2. The molecule has 1 atom stereocenters. The number of nitrogens with one attached hydrogen (secondary N) is 1. The number of hydrogen-bond donors (Lipinski definition) is 1. The first-order chi connectivity index (χ1) is 12.3. The number of aromatic nitrogens is 2. The van der Waals surface area contributed by atoms with Gasteiger partial charge in [0, 0.05) is 5.75 Å². The maximum atomic E-state index is 12.5. The molecule has 0 bridgehead atoms. The van der Waals surface area contributed by atoms with Crippen LogP contribution in [0.25, 0.3) is 0 Å². The van der Waals surface area contributed by atoms with Crippen molar-refractivity contribution >= 4 is 34.1 Å². The molecule has 1 N–H and O–H groups in total. The molecule has 5 nitrogen and oxygen atoms in total. The van der Waals surface area contributed by atoms with Crippen molar-refractivity contribution in [2.24, 2.45) is 0 Å². The van der Waals surface area contributed by atoms with Gasteiger partial charge in [0.1, 0.15) is 5.75 Å². The van der Waals surface area contributed by atoms with E-state index in [9.17, 15) is 4.79 Å². The third-order valence-corrected chi connectivity index (χ3v) is 5.59. The van der Waals surface area contributed by atoms with E-state index in [-0.39, 0.29) is 11.3 Å². The first-order valence-electron chi connectivity index (χ1n) is 8.48. The van der Waals surface area contributed by atoms with E-state index >= 15 is 0 Å². The molecule has 0 fully saturated rings. The normalized spacial score (nSPS) is 12.5. The zero-order valence-corrected chi connectivity index (χ0v) is 17.2. The van der Waals surface area contributed by atoms with Gasteiger partial charge in [-0.25, -0.2) is 0 Å². The third kappa shape index (κ3) is 5.85. The van der Waals surface area contributed by atoms with Crippen molar-refractivity contribution in [3.05, 3.63) is 42.5 Å². The number of amides is 1. The first-order valence-corrected chi connectivity index (χ1v) is 10.3. The fraction of sp³-hybridized carbons (Fsp3) is 0.421. The largest absolute Gasteiger partial charge is 0.481 e. The van der Waals surface area contributed by atoms with Crippen molar-refractivity contribution in [1.29, 1.82) is 0 Å². The lowest BCUT2D eigenvalue weighted by Crippen LogP contribution is -2.32. The number of carbonyl (C=O) groups is 1. The van der Waals surface area contributed by atoms with Gasteiger partial charge in [0.2, 0.25) is 5.13 Å². The van der Waals surface area contributed by atoms with Crippen LogP contribution in [0.3, 0.4) is 0 Å². The monoisotopic (exact) mass is 391 g/mol. The van der Waals surface area contributed by atoms with Crippen LogP contribution < -0.4 is 10.1 Å². The second-order valence-corrected chi connectivity index (χ2v) is 9.00. The smallest absolute Gasteiger partial charge is 0.267 e. The lowest BCUT2D eigenvalue weighted by atomic mass is 9.87. The number of nitrogens with zero attached hydrogens (tertiary/aromatic N) is 2. The van der Waals surface area contributed by atoms with Gasteiger partial charge in [0.05, 0.1) is 0 Å². The van der Waals surface area contributed by atoms with Gasteiger partial charge in [-0.15, -0.1) is 16.8 Å². The quantitative estimate of drug-likeness (QED) is 0.393. The van der Waals surface area contributed by atoms with Gasteiger partial charge in [0.25, 0.3) is 5.91 Å². The Balaban J connectivity index is 1.97. The molecule has 0 aliphatic rings. The van der Waals surface area contributed by atoms with Crippen LogP contribution in [0.15, 0.2) is 41.3 Å². The van der Waals surface area contributed by atoms with E-state index in [0.29, 0.717) is 17.3 Å². The number of ether oxygens (including phenoxy) is 1.